The fourth-order valence-electron chi connectivity index (χ4n) is 3.46. The van der Waals surface area contributed by atoms with Gasteiger partial charge in [0.1, 0.15) is 0 Å². The number of rotatable bonds is 2. The molecule has 3 atom stereocenters. The average Bonchev–Trinajstić information content (AvgIpc) is 3.00. The number of thioether (sulfide) groups is 1. The summed E-state index contributed by atoms with van der Waals surface area (Å²) in [6, 6.07) is 8.16. The summed E-state index contributed by atoms with van der Waals surface area (Å²) in [6.45, 7) is 1.73. The SMILES string of the molecule is CSc1ccccc1C(=O)N1CC2CCC(N)C2C1.Cl. The average molecular weight is 313 g/mol. The van der Waals surface area contributed by atoms with Gasteiger partial charge in [-0.15, -0.1) is 24.2 Å². The fourth-order valence-corrected chi connectivity index (χ4v) is 4.05. The number of carbonyl (C=O) groups is 1. The number of hydrogen-bond donors (Lipinski definition) is 1. The quantitative estimate of drug-likeness (QED) is 0.854. The van der Waals surface area contributed by atoms with Crippen molar-refractivity contribution in [3.63, 3.8) is 0 Å². The Morgan fingerprint density at radius 2 is 2.05 bits per heavy atom. The zero-order valence-corrected chi connectivity index (χ0v) is 13.3. The second-order valence-electron chi connectivity index (χ2n) is 5.58. The van der Waals surface area contributed by atoms with E-state index in [4.69, 9.17) is 5.73 Å². The number of fused-ring (bicyclic) bond motifs is 1. The third-order valence-corrected chi connectivity index (χ3v) is 5.33. The molecule has 1 aliphatic carbocycles. The molecule has 0 spiro atoms. The third kappa shape index (κ3) is 2.69. The van der Waals surface area contributed by atoms with Gasteiger partial charge in [0, 0.05) is 24.0 Å². The van der Waals surface area contributed by atoms with E-state index in [1.165, 1.54) is 6.42 Å². The summed E-state index contributed by atoms with van der Waals surface area (Å²) in [6.07, 6.45) is 4.32. The zero-order chi connectivity index (χ0) is 13.4. The van der Waals surface area contributed by atoms with E-state index in [9.17, 15) is 4.79 Å². The van der Waals surface area contributed by atoms with E-state index in [1.54, 1.807) is 11.8 Å². The van der Waals surface area contributed by atoms with Crippen molar-refractivity contribution in [2.24, 2.45) is 17.6 Å². The summed E-state index contributed by atoms with van der Waals surface area (Å²) < 4.78 is 0. The van der Waals surface area contributed by atoms with Crippen LogP contribution in [0, 0.1) is 11.8 Å². The number of likely N-dealkylation sites (tertiary alicyclic amines) is 1. The van der Waals surface area contributed by atoms with Crippen LogP contribution in [-0.4, -0.2) is 36.2 Å². The molecule has 1 heterocycles. The number of hydrogen-bond acceptors (Lipinski definition) is 3. The van der Waals surface area contributed by atoms with Gasteiger partial charge in [0.25, 0.3) is 5.91 Å². The Kier molecular flexibility index (Phi) is 4.99. The zero-order valence-electron chi connectivity index (χ0n) is 11.6. The molecule has 0 aromatic heterocycles. The van der Waals surface area contributed by atoms with Crippen LogP contribution < -0.4 is 5.73 Å². The molecule has 3 rings (SSSR count). The third-order valence-electron chi connectivity index (χ3n) is 4.54. The van der Waals surface area contributed by atoms with Crippen LogP contribution in [0.15, 0.2) is 29.2 Å². The number of nitrogens with two attached hydrogens (primary N) is 1. The predicted molar refractivity (Wildman–Crippen MR) is 85.6 cm³/mol. The Morgan fingerprint density at radius 3 is 2.75 bits per heavy atom. The minimum atomic E-state index is 0. The highest BCUT2D eigenvalue weighted by molar-refractivity contribution is 7.98. The lowest BCUT2D eigenvalue weighted by Gasteiger charge is -2.20. The molecule has 1 aliphatic heterocycles. The Hall–Kier alpha value is -0.710. The van der Waals surface area contributed by atoms with Crippen molar-refractivity contribution < 1.29 is 4.79 Å². The highest BCUT2D eigenvalue weighted by atomic mass is 35.5. The molecule has 3 nitrogen and oxygen atoms in total. The molecule has 1 saturated carbocycles. The summed E-state index contributed by atoms with van der Waals surface area (Å²) in [5.41, 5.74) is 6.97. The lowest BCUT2D eigenvalue weighted by atomic mass is 9.98. The van der Waals surface area contributed by atoms with Crippen molar-refractivity contribution in [1.29, 1.82) is 0 Å². The Labute approximate surface area is 130 Å². The minimum absolute atomic E-state index is 0. The van der Waals surface area contributed by atoms with Gasteiger partial charge in [-0.1, -0.05) is 12.1 Å². The van der Waals surface area contributed by atoms with Crippen molar-refractivity contribution in [3.8, 4) is 0 Å². The lowest BCUT2D eigenvalue weighted by Crippen LogP contribution is -2.33. The van der Waals surface area contributed by atoms with Crippen LogP contribution in [0.3, 0.4) is 0 Å². The van der Waals surface area contributed by atoms with Crippen LogP contribution in [0.25, 0.3) is 0 Å². The molecule has 0 radical (unpaired) electrons. The van der Waals surface area contributed by atoms with E-state index in [0.29, 0.717) is 17.9 Å². The van der Waals surface area contributed by atoms with E-state index in [1.807, 2.05) is 35.4 Å². The van der Waals surface area contributed by atoms with Crippen LogP contribution in [0.4, 0.5) is 0 Å². The molecular weight excluding hydrogens is 292 g/mol. The molecule has 1 aromatic rings. The monoisotopic (exact) mass is 312 g/mol. The molecule has 20 heavy (non-hydrogen) atoms. The van der Waals surface area contributed by atoms with Crippen LogP contribution in [0.5, 0.6) is 0 Å². The highest BCUT2D eigenvalue weighted by Gasteiger charge is 2.42. The molecule has 1 amide bonds. The molecule has 0 bridgehead atoms. The normalized spacial score (nSPS) is 28.1. The fraction of sp³-hybridized carbons (Fsp3) is 0.533. The van der Waals surface area contributed by atoms with Gasteiger partial charge in [0.15, 0.2) is 0 Å². The first kappa shape index (κ1) is 15.7. The number of amides is 1. The number of carbonyl (C=O) groups excluding carboxylic acids is 1. The summed E-state index contributed by atoms with van der Waals surface area (Å²) >= 11 is 1.63. The summed E-state index contributed by atoms with van der Waals surface area (Å²) in [5.74, 6) is 1.32. The van der Waals surface area contributed by atoms with Crippen LogP contribution >= 0.6 is 24.2 Å². The minimum Gasteiger partial charge on any atom is -0.338 e. The first-order chi connectivity index (χ1) is 9.20. The van der Waals surface area contributed by atoms with Crippen molar-refractivity contribution in [1.82, 2.24) is 4.90 Å². The second-order valence-corrected chi connectivity index (χ2v) is 6.42. The van der Waals surface area contributed by atoms with Gasteiger partial charge in [0.2, 0.25) is 0 Å². The van der Waals surface area contributed by atoms with Crippen molar-refractivity contribution >= 4 is 30.1 Å². The second kappa shape index (κ2) is 6.37. The first-order valence-electron chi connectivity index (χ1n) is 6.88. The predicted octanol–water partition coefficient (Wildman–Crippen LogP) is 2.64. The first-order valence-corrected chi connectivity index (χ1v) is 8.11. The maximum absolute atomic E-state index is 12.6. The van der Waals surface area contributed by atoms with Gasteiger partial charge in [-0.05, 0) is 43.1 Å². The molecule has 2 fully saturated rings. The van der Waals surface area contributed by atoms with E-state index >= 15 is 0 Å². The van der Waals surface area contributed by atoms with E-state index in [0.717, 1.165) is 30.0 Å². The summed E-state index contributed by atoms with van der Waals surface area (Å²) in [4.78, 5) is 15.7. The molecule has 3 unspecified atom stereocenters. The molecule has 1 saturated heterocycles. The molecule has 5 heteroatoms. The Bertz CT molecular complexity index is 497. The van der Waals surface area contributed by atoms with Gasteiger partial charge in [-0.3, -0.25) is 4.79 Å². The summed E-state index contributed by atoms with van der Waals surface area (Å²) in [5, 5.41) is 0. The molecule has 1 aromatic carbocycles. The van der Waals surface area contributed by atoms with Crippen molar-refractivity contribution in [2.75, 3.05) is 19.3 Å². The largest absolute Gasteiger partial charge is 0.338 e. The number of halogens is 1. The Balaban J connectivity index is 0.00000147. The van der Waals surface area contributed by atoms with Gasteiger partial charge >= 0.3 is 0 Å². The van der Waals surface area contributed by atoms with E-state index < -0.39 is 0 Å². The summed E-state index contributed by atoms with van der Waals surface area (Å²) in [7, 11) is 0. The van der Waals surface area contributed by atoms with E-state index in [2.05, 4.69) is 0 Å². The molecule has 2 aliphatic rings. The highest BCUT2D eigenvalue weighted by Crippen LogP contribution is 2.38. The van der Waals surface area contributed by atoms with Gasteiger partial charge in [0.05, 0.1) is 5.56 Å². The van der Waals surface area contributed by atoms with Crippen LogP contribution in [0.1, 0.15) is 23.2 Å². The van der Waals surface area contributed by atoms with Crippen molar-refractivity contribution in [2.45, 2.75) is 23.8 Å². The van der Waals surface area contributed by atoms with Gasteiger partial charge in [-0.2, -0.15) is 0 Å². The topological polar surface area (TPSA) is 46.3 Å². The van der Waals surface area contributed by atoms with Crippen LogP contribution in [0.2, 0.25) is 0 Å². The standard InChI is InChI=1S/C15H20N2OS.ClH/c1-19-14-5-3-2-4-11(14)15(18)17-8-10-6-7-13(16)12(10)9-17;/h2-5,10,12-13H,6-9,16H2,1H3;1H. The molecule has 2 N–H and O–H groups in total. The number of nitrogens with zero attached hydrogens (tertiary/aromatic N) is 1. The maximum Gasteiger partial charge on any atom is 0.255 e. The molecular formula is C15H21ClN2OS. The van der Waals surface area contributed by atoms with Crippen molar-refractivity contribution in [3.05, 3.63) is 29.8 Å². The number of benzene rings is 1. The smallest absolute Gasteiger partial charge is 0.255 e. The lowest BCUT2D eigenvalue weighted by molar-refractivity contribution is 0.0776. The Morgan fingerprint density at radius 1 is 1.30 bits per heavy atom. The van der Waals surface area contributed by atoms with Crippen LogP contribution in [-0.2, 0) is 0 Å². The van der Waals surface area contributed by atoms with Gasteiger partial charge in [-0.25, -0.2) is 0 Å². The van der Waals surface area contributed by atoms with Gasteiger partial charge < -0.3 is 10.6 Å². The van der Waals surface area contributed by atoms with E-state index in [-0.39, 0.29) is 18.3 Å². The molecule has 110 valence electrons. The maximum atomic E-state index is 12.6.